The van der Waals surface area contributed by atoms with Gasteiger partial charge in [0.1, 0.15) is 5.76 Å². The van der Waals surface area contributed by atoms with E-state index in [9.17, 15) is 23.3 Å². The predicted octanol–water partition coefficient (Wildman–Crippen LogP) is 2.79. The van der Waals surface area contributed by atoms with Crippen molar-refractivity contribution in [3.8, 4) is 0 Å². The highest BCUT2D eigenvalue weighted by Crippen LogP contribution is 2.22. The summed E-state index contributed by atoms with van der Waals surface area (Å²) in [7, 11) is -4.05. The van der Waals surface area contributed by atoms with Crippen LogP contribution in [0.5, 0.6) is 0 Å². The predicted molar refractivity (Wildman–Crippen MR) is 115 cm³/mol. The smallest absolute Gasteiger partial charge is 0.269 e. The fraction of sp³-hybridized carbons (Fsp3) is 0.476. The molecule has 32 heavy (non-hydrogen) atoms. The lowest BCUT2D eigenvalue weighted by Gasteiger charge is -2.30. The van der Waals surface area contributed by atoms with E-state index < -0.39 is 21.0 Å². The van der Waals surface area contributed by atoms with Crippen LogP contribution in [0.1, 0.15) is 32.4 Å². The number of rotatable bonds is 10. The minimum absolute atomic E-state index is 0.104. The Hall–Kier alpha value is -2.76. The SMILES string of the molecule is CC(C)N(CC(=O)N(Cc1ccco1)CC1CCCO1)S(=O)(=O)c1ccc([N+](=O)[O-])cc1. The molecule has 1 unspecified atom stereocenters. The Morgan fingerprint density at radius 3 is 2.50 bits per heavy atom. The van der Waals surface area contributed by atoms with Crippen LogP contribution in [0.4, 0.5) is 5.69 Å². The summed E-state index contributed by atoms with van der Waals surface area (Å²) >= 11 is 0. The maximum absolute atomic E-state index is 13.2. The molecular weight excluding hydrogens is 438 g/mol. The molecule has 1 aromatic heterocycles. The summed E-state index contributed by atoms with van der Waals surface area (Å²) in [4.78, 5) is 24.9. The third-order valence-electron chi connectivity index (χ3n) is 5.25. The standard InChI is InChI=1S/C21H27N3O7S/c1-16(2)23(32(28,29)20-9-7-17(8-10-20)24(26)27)15-21(25)22(13-18-5-3-11-30-18)14-19-6-4-12-31-19/h3,5,7-11,16,19H,4,6,12-15H2,1-2H3. The van der Waals surface area contributed by atoms with Gasteiger partial charge in [0.15, 0.2) is 0 Å². The zero-order valence-electron chi connectivity index (χ0n) is 18.0. The van der Waals surface area contributed by atoms with E-state index in [4.69, 9.17) is 9.15 Å². The van der Waals surface area contributed by atoms with Gasteiger partial charge in [-0.05, 0) is 51.0 Å². The lowest BCUT2D eigenvalue weighted by molar-refractivity contribution is -0.384. The number of benzene rings is 1. The molecule has 1 amide bonds. The molecule has 174 valence electrons. The van der Waals surface area contributed by atoms with Gasteiger partial charge in [0.25, 0.3) is 5.69 Å². The quantitative estimate of drug-likeness (QED) is 0.390. The highest BCUT2D eigenvalue weighted by molar-refractivity contribution is 7.89. The van der Waals surface area contributed by atoms with Crippen LogP contribution in [0.3, 0.4) is 0 Å². The van der Waals surface area contributed by atoms with Crippen LogP contribution in [0, 0.1) is 10.1 Å². The van der Waals surface area contributed by atoms with Crippen molar-refractivity contribution in [2.75, 3.05) is 19.7 Å². The highest BCUT2D eigenvalue weighted by Gasteiger charge is 2.32. The van der Waals surface area contributed by atoms with Crippen LogP contribution in [0.25, 0.3) is 0 Å². The van der Waals surface area contributed by atoms with Gasteiger partial charge in [-0.2, -0.15) is 4.31 Å². The molecule has 2 aromatic rings. The summed E-state index contributed by atoms with van der Waals surface area (Å²) in [5, 5.41) is 10.9. The zero-order chi connectivity index (χ0) is 23.3. The first-order valence-electron chi connectivity index (χ1n) is 10.4. The van der Waals surface area contributed by atoms with Crippen LogP contribution in [0.15, 0.2) is 52.0 Å². The first kappa shape index (κ1) is 23.9. The first-order valence-corrected chi connectivity index (χ1v) is 11.8. The molecule has 1 aliphatic rings. The molecule has 0 saturated carbocycles. The lowest BCUT2D eigenvalue weighted by Crippen LogP contribution is -2.47. The monoisotopic (exact) mass is 465 g/mol. The number of furan rings is 1. The van der Waals surface area contributed by atoms with Crippen molar-refractivity contribution in [3.05, 3.63) is 58.5 Å². The number of amides is 1. The van der Waals surface area contributed by atoms with Crippen molar-refractivity contribution in [3.63, 3.8) is 0 Å². The number of ether oxygens (including phenoxy) is 1. The number of nitro groups is 1. The Labute approximate surface area is 186 Å². The minimum Gasteiger partial charge on any atom is -0.467 e. The molecule has 1 saturated heterocycles. The maximum atomic E-state index is 13.2. The average Bonchev–Trinajstić information content (AvgIpc) is 3.45. The molecule has 0 N–H and O–H groups in total. The van der Waals surface area contributed by atoms with Gasteiger partial charge in [-0.25, -0.2) is 8.42 Å². The summed E-state index contributed by atoms with van der Waals surface area (Å²) in [5.41, 5.74) is -0.211. The number of nitrogens with zero attached hydrogens (tertiary/aromatic N) is 3. The van der Waals surface area contributed by atoms with Gasteiger partial charge in [-0.15, -0.1) is 0 Å². The molecule has 2 heterocycles. The van der Waals surface area contributed by atoms with Crippen molar-refractivity contribution in [1.82, 2.24) is 9.21 Å². The Balaban J connectivity index is 1.81. The Morgan fingerprint density at radius 1 is 1.25 bits per heavy atom. The molecular formula is C21H27N3O7S. The number of carbonyl (C=O) groups excluding carboxylic acids is 1. The maximum Gasteiger partial charge on any atom is 0.269 e. The number of hydrogen-bond donors (Lipinski definition) is 0. The van der Waals surface area contributed by atoms with E-state index >= 15 is 0 Å². The van der Waals surface area contributed by atoms with Gasteiger partial charge in [-0.3, -0.25) is 14.9 Å². The fourth-order valence-electron chi connectivity index (χ4n) is 3.53. The van der Waals surface area contributed by atoms with E-state index in [0.717, 1.165) is 29.3 Å². The van der Waals surface area contributed by atoms with E-state index in [-0.39, 0.29) is 35.7 Å². The Bertz CT molecular complexity index is 1010. The molecule has 1 fully saturated rings. The second-order valence-corrected chi connectivity index (χ2v) is 9.77. The first-order chi connectivity index (χ1) is 15.2. The van der Waals surface area contributed by atoms with Crippen molar-refractivity contribution in [1.29, 1.82) is 0 Å². The summed E-state index contributed by atoms with van der Waals surface area (Å²) in [6, 6.07) is 7.60. The van der Waals surface area contributed by atoms with Crippen LogP contribution in [-0.4, -0.2) is 60.3 Å². The Morgan fingerprint density at radius 2 is 1.97 bits per heavy atom. The summed E-state index contributed by atoms with van der Waals surface area (Å²) in [6.45, 7) is 4.16. The summed E-state index contributed by atoms with van der Waals surface area (Å²) < 4.78 is 38.6. The number of hydrogen-bond acceptors (Lipinski definition) is 7. The lowest BCUT2D eigenvalue weighted by atomic mass is 10.2. The third-order valence-corrected chi connectivity index (χ3v) is 7.28. The second kappa shape index (κ2) is 10.2. The number of sulfonamides is 1. The van der Waals surface area contributed by atoms with Crippen molar-refractivity contribution in [2.24, 2.45) is 0 Å². The molecule has 1 atom stereocenters. The molecule has 0 bridgehead atoms. The highest BCUT2D eigenvalue weighted by atomic mass is 32.2. The van der Waals surface area contributed by atoms with Gasteiger partial charge in [0, 0.05) is 31.3 Å². The van der Waals surface area contributed by atoms with Gasteiger partial charge in [0.05, 0.1) is 35.3 Å². The third kappa shape index (κ3) is 5.72. The van der Waals surface area contributed by atoms with Crippen LogP contribution in [-0.2, 0) is 26.1 Å². The number of carbonyl (C=O) groups is 1. The minimum atomic E-state index is -4.05. The fourth-order valence-corrected chi connectivity index (χ4v) is 5.12. The number of non-ortho nitro benzene ring substituents is 1. The second-order valence-electron chi connectivity index (χ2n) is 7.88. The Kier molecular flexibility index (Phi) is 7.64. The van der Waals surface area contributed by atoms with Gasteiger partial charge >= 0.3 is 0 Å². The largest absolute Gasteiger partial charge is 0.467 e. The molecule has 0 aliphatic carbocycles. The topological polar surface area (TPSA) is 123 Å². The van der Waals surface area contributed by atoms with Crippen LogP contribution >= 0.6 is 0 Å². The molecule has 0 spiro atoms. The van der Waals surface area contributed by atoms with Crippen molar-refractivity contribution >= 4 is 21.6 Å². The molecule has 0 radical (unpaired) electrons. The van der Waals surface area contributed by atoms with Gasteiger partial charge in [-0.1, -0.05) is 0 Å². The molecule has 1 aliphatic heterocycles. The number of nitro benzene ring substituents is 1. The van der Waals surface area contributed by atoms with E-state index in [1.165, 1.54) is 18.4 Å². The van der Waals surface area contributed by atoms with E-state index in [1.807, 2.05) is 0 Å². The molecule has 1 aromatic carbocycles. The summed E-state index contributed by atoms with van der Waals surface area (Å²) in [5.74, 6) is 0.210. The normalized spacial score (nSPS) is 16.6. The molecule has 11 heteroatoms. The molecule has 10 nitrogen and oxygen atoms in total. The van der Waals surface area contributed by atoms with E-state index in [0.29, 0.717) is 18.9 Å². The molecule has 3 rings (SSSR count). The zero-order valence-corrected chi connectivity index (χ0v) is 18.9. The van der Waals surface area contributed by atoms with Crippen molar-refractivity contribution in [2.45, 2.75) is 50.3 Å². The van der Waals surface area contributed by atoms with E-state index in [1.54, 1.807) is 30.9 Å². The van der Waals surface area contributed by atoms with Crippen LogP contribution < -0.4 is 0 Å². The van der Waals surface area contributed by atoms with Gasteiger partial charge < -0.3 is 14.1 Å². The average molecular weight is 466 g/mol. The van der Waals surface area contributed by atoms with Crippen LogP contribution in [0.2, 0.25) is 0 Å². The van der Waals surface area contributed by atoms with Gasteiger partial charge in [0.2, 0.25) is 15.9 Å². The van der Waals surface area contributed by atoms with Crippen molar-refractivity contribution < 1.29 is 27.3 Å². The summed E-state index contributed by atoms with van der Waals surface area (Å²) in [6.07, 6.45) is 3.16. The van der Waals surface area contributed by atoms with E-state index in [2.05, 4.69) is 0 Å².